The van der Waals surface area contributed by atoms with E-state index in [0.29, 0.717) is 25.7 Å². The normalized spacial score (nSPS) is 14.8. The zero-order chi connectivity index (χ0) is 67.5. The van der Waals surface area contributed by atoms with Crippen molar-refractivity contribution >= 4 is 39.5 Å². The van der Waals surface area contributed by atoms with Crippen LogP contribution in [0.25, 0.3) is 0 Å². The SMILES string of the molecule is CC/C=C\C/C=C\C/C=C\C/C=C\CCCCC(=O)OCC(COP(=O)(O)OCC(O)COP(=O)(O)OCC(COC(=O)CCCC/C=C\C/C=C\C/C=C\C/C=C\CC)OC(=O)CCCCCCC/C=C\CCCC)OC(=O)CCCCCCC/C=C\CCCC. The smallest absolute Gasteiger partial charge is 0.462 e. The highest BCUT2D eigenvalue weighted by Crippen LogP contribution is 2.45. The molecule has 0 radical (unpaired) electrons. The molecule has 0 aliphatic carbocycles. The molecule has 0 aromatic heterocycles. The third kappa shape index (κ3) is 64.2. The Labute approximate surface area is 555 Å². The number of rotatable bonds is 64. The number of hydrogen-bond donors (Lipinski definition) is 3. The molecule has 19 heteroatoms. The van der Waals surface area contributed by atoms with E-state index in [-0.39, 0.29) is 25.7 Å². The van der Waals surface area contributed by atoms with E-state index in [4.69, 9.17) is 37.0 Å². The topological polar surface area (TPSA) is 237 Å². The first-order valence-electron chi connectivity index (χ1n) is 34.8. The minimum atomic E-state index is -4.98. The standard InChI is InChI=1S/C73H122O17P2/c1-5-9-13-17-21-25-29-31-33-35-39-41-45-49-53-57-70(75)83-63-68(89-72(77)59-55-51-47-43-37-27-23-19-15-11-7-3)65-87-91(79,80)85-61-67(74)62-86-92(81,82)88-66-69(90-73(78)60-56-52-48-44-38-28-24-20-16-12-8-4)64-84-71(76)58-54-50-46-42-40-36-34-32-30-26-22-18-14-10-6-2/h9-10,13-14,19-26,31-34,39-42,67-69,74H,5-8,11-12,15-18,27-30,35-38,43-66H2,1-4H3,(H,79,80)(H,81,82)/b13-9-,14-10-,23-19-,24-20-,25-21-,26-22-,33-31-,34-32-,41-39-,42-40-. The molecule has 4 unspecified atom stereocenters. The maximum Gasteiger partial charge on any atom is 0.472 e. The number of carbonyl (C=O) groups is 4. The highest BCUT2D eigenvalue weighted by molar-refractivity contribution is 7.47. The molecule has 0 aromatic rings. The average Bonchev–Trinajstić information content (AvgIpc) is 2.55. The molecule has 0 fully saturated rings. The van der Waals surface area contributed by atoms with Crippen LogP contribution in [-0.2, 0) is 65.4 Å². The first-order valence-corrected chi connectivity index (χ1v) is 37.8. The van der Waals surface area contributed by atoms with Crippen molar-refractivity contribution in [1.82, 2.24) is 0 Å². The zero-order valence-electron chi connectivity index (χ0n) is 56.9. The highest BCUT2D eigenvalue weighted by Gasteiger charge is 2.30. The molecular weight excluding hydrogens is 1210 g/mol. The Kier molecular flexibility index (Phi) is 61.9. The molecule has 4 atom stereocenters. The van der Waals surface area contributed by atoms with Crippen molar-refractivity contribution in [2.75, 3.05) is 39.6 Å². The van der Waals surface area contributed by atoms with Gasteiger partial charge in [-0.25, -0.2) is 9.13 Å². The van der Waals surface area contributed by atoms with Crippen LogP contribution in [0.4, 0.5) is 0 Å². The van der Waals surface area contributed by atoms with Gasteiger partial charge in [0.2, 0.25) is 0 Å². The summed E-state index contributed by atoms with van der Waals surface area (Å²) in [7, 11) is -9.96. The molecule has 526 valence electrons. The summed E-state index contributed by atoms with van der Waals surface area (Å²) < 4.78 is 68.0. The van der Waals surface area contributed by atoms with Gasteiger partial charge in [-0.2, -0.15) is 0 Å². The molecular formula is C73H122O17P2. The number of allylic oxidation sites excluding steroid dienone is 20. The molecule has 0 amide bonds. The highest BCUT2D eigenvalue weighted by atomic mass is 31.2. The minimum absolute atomic E-state index is 0.0719. The van der Waals surface area contributed by atoms with Crippen LogP contribution in [0.15, 0.2) is 122 Å². The van der Waals surface area contributed by atoms with Gasteiger partial charge in [-0.3, -0.25) is 37.3 Å². The molecule has 0 rings (SSSR count). The Balaban J connectivity index is 5.38. The van der Waals surface area contributed by atoms with Gasteiger partial charge in [-0.15, -0.1) is 0 Å². The summed E-state index contributed by atoms with van der Waals surface area (Å²) in [5, 5.41) is 10.6. The van der Waals surface area contributed by atoms with Crippen LogP contribution >= 0.6 is 15.6 Å². The van der Waals surface area contributed by atoms with Crippen molar-refractivity contribution in [3.05, 3.63) is 122 Å². The van der Waals surface area contributed by atoms with E-state index in [0.717, 1.165) is 154 Å². The second-order valence-electron chi connectivity index (χ2n) is 22.7. The fraction of sp³-hybridized carbons (Fsp3) is 0.671. The molecule has 17 nitrogen and oxygen atoms in total. The first kappa shape index (κ1) is 87.5. The third-order valence-corrected chi connectivity index (χ3v) is 15.8. The average molecular weight is 1330 g/mol. The van der Waals surface area contributed by atoms with Crippen molar-refractivity contribution in [3.8, 4) is 0 Å². The van der Waals surface area contributed by atoms with E-state index in [1.807, 2.05) is 0 Å². The number of hydrogen-bond acceptors (Lipinski definition) is 15. The van der Waals surface area contributed by atoms with E-state index >= 15 is 0 Å². The summed E-state index contributed by atoms with van der Waals surface area (Å²) in [4.78, 5) is 72.5. The van der Waals surface area contributed by atoms with Crippen molar-refractivity contribution in [2.24, 2.45) is 0 Å². The summed E-state index contributed by atoms with van der Waals surface area (Å²) in [6.45, 7) is 4.41. The molecule has 0 aromatic carbocycles. The van der Waals surface area contributed by atoms with Gasteiger partial charge in [0.25, 0.3) is 0 Å². The number of aliphatic hydroxyl groups is 1. The Morgan fingerprint density at radius 3 is 0.902 bits per heavy atom. The summed E-state index contributed by atoms with van der Waals surface area (Å²) in [6.07, 6.45) is 68.1. The van der Waals surface area contributed by atoms with Crippen LogP contribution < -0.4 is 0 Å². The number of carbonyl (C=O) groups excluding carboxylic acids is 4. The Bertz CT molecular complexity index is 2080. The molecule has 0 spiro atoms. The van der Waals surface area contributed by atoms with Gasteiger partial charge < -0.3 is 33.8 Å². The van der Waals surface area contributed by atoms with Crippen molar-refractivity contribution in [3.63, 3.8) is 0 Å². The molecule has 0 saturated carbocycles. The second kappa shape index (κ2) is 65.1. The van der Waals surface area contributed by atoms with Gasteiger partial charge in [0.05, 0.1) is 26.4 Å². The van der Waals surface area contributed by atoms with Crippen LogP contribution in [0.3, 0.4) is 0 Å². The quantitative estimate of drug-likeness (QED) is 0.0169. The predicted molar refractivity (Wildman–Crippen MR) is 371 cm³/mol. The number of aliphatic hydroxyl groups excluding tert-OH is 1. The maximum absolute atomic E-state index is 13.0. The summed E-state index contributed by atoms with van der Waals surface area (Å²) in [5.41, 5.74) is 0. The Hall–Kier alpha value is -4.54. The largest absolute Gasteiger partial charge is 0.472 e. The van der Waals surface area contributed by atoms with Crippen molar-refractivity contribution < 1.29 is 80.2 Å². The maximum atomic E-state index is 13.0. The molecule has 3 N–H and O–H groups in total. The van der Waals surface area contributed by atoms with Gasteiger partial charge in [0.1, 0.15) is 19.3 Å². The Morgan fingerprint density at radius 2 is 0.565 bits per heavy atom. The lowest BCUT2D eigenvalue weighted by molar-refractivity contribution is -0.161. The zero-order valence-corrected chi connectivity index (χ0v) is 58.7. The lowest BCUT2D eigenvalue weighted by atomic mass is 10.1. The molecule has 0 heterocycles. The van der Waals surface area contributed by atoms with Gasteiger partial charge in [0.15, 0.2) is 12.2 Å². The predicted octanol–water partition coefficient (Wildman–Crippen LogP) is 19.2. The summed E-state index contributed by atoms with van der Waals surface area (Å²) in [6, 6.07) is 0. The second-order valence-corrected chi connectivity index (χ2v) is 25.6. The lowest BCUT2D eigenvalue weighted by Gasteiger charge is -2.21. The number of unbranched alkanes of at least 4 members (excludes halogenated alkanes) is 18. The Morgan fingerprint density at radius 1 is 0.315 bits per heavy atom. The van der Waals surface area contributed by atoms with E-state index in [1.165, 1.54) is 25.7 Å². The summed E-state index contributed by atoms with van der Waals surface area (Å²) in [5.74, 6) is -2.30. The van der Waals surface area contributed by atoms with E-state index in [2.05, 4.69) is 149 Å². The molecule has 0 aliphatic rings. The van der Waals surface area contributed by atoms with Crippen LogP contribution in [0, 0.1) is 0 Å². The van der Waals surface area contributed by atoms with Crippen LogP contribution in [0.1, 0.15) is 259 Å². The van der Waals surface area contributed by atoms with Gasteiger partial charge in [0, 0.05) is 25.7 Å². The fourth-order valence-corrected chi connectivity index (χ4v) is 10.2. The van der Waals surface area contributed by atoms with E-state index in [9.17, 15) is 43.2 Å². The molecule has 0 bridgehead atoms. The number of ether oxygens (including phenoxy) is 4. The monoisotopic (exact) mass is 1330 g/mol. The molecule has 92 heavy (non-hydrogen) atoms. The van der Waals surface area contributed by atoms with Gasteiger partial charge >= 0.3 is 39.5 Å². The minimum Gasteiger partial charge on any atom is -0.462 e. The third-order valence-electron chi connectivity index (χ3n) is 13.9. The summed E-state index contributed by atoms with van der Waals surface area (Å²) >= 11 is 0. The number of esters is 4. The van der Waals surface area contributed by atoms with Crippen LogP contribution in [0.5, 0.6) is 0 Å². The lowest BCUT2D eigenvalue weighted by Crippen LogP contribution is -2.30. The van der Waals surface area contributed by atoms with Gasteiger partial charge in [-0.05, 0) is 141 Å². The molecule has 0 saturated heterocycles. The fourth-order valence-electron chi connectivity index (χ4n) is 8.57. The van der Waals surface area contributed by atoms with Gasteiger partial charge in [-0.1, -0.05) is 213 Å². The molecule has 0 aliphatic heterocycles. The van der Waals surface area contributed by atoms with Crippen LogP contribution in [-0.4, -0.2) is 96.7 Å². The van der Waals surface area contributed by atoms with Crippen molar-refractivity contribution in [1.29, 1.82) is 0 Å². The first-order chi connectivity index (χ1) is 44.7. The van der Waals surface area contributed by atoms with E-state index in [1.54, 1.807) is 0 Å². The van der Waals surface area contributed by atoms with Crippen LogP contribution in [0.2, 0.25) is 0 Å². The number of phosphoric acid groups is 2. The van der Waals surface area contributed by atoms with E-state index < -0.39 is 97.5 Å². The number of phosphoric ester groups is 2. The van der Waals surface area contributed by atoms with Crippen molar-refractivity contribution in [2.45, 2.75) is 277 Å².